The van der Waals surface area contributed by atoms with Crippen molar-refractivity contribution in [2.75, 3.05) is 0 Å². The number of hydrogen-bond acceptors (Lipinski definition) is 3. The summed E-state index contributed by atoms with van der Waals surface area (Å²) in [6, 6.07) is 1.83. The second-order valence-electron chi connectivity index (χ2n) is 2.75. The highest BCUT2D eigenvalue weighted by atomic mass is 35.5. The summed E-state index contributed by atoms with van der Waals surface area (Å²) in [4.78, 5) is 8.08. The lowest BCUT2D eigenvalue weighted by Gasteiger charge is -2.03. The van der Waals surface area contributed by atoms with Gasteiger partial charge in [0, 0.05) is 24.5 Å². The molecule has 0 spiro atoms. The molecule has 0 unspecified atom stereocenters. The fourth-order valence-corrected chi connectivity index (χ4v) is 1.46. The van der Waals surface area contributed by atoms with E-state index in [-0.39, 0.29) is 0 Å². The molecular formula is C9H9ClN4. The van der Waals surface area contributed by atoms with Gasteiger partial charge in [-0.15, -0.1) is 0 Å². The van der Waals surface area contributed by atoms with Crippen molar-refractivity contribution in [1.29, 1.82) is 0 Å². The number of nitrogens with zero attached hydrogens (tertiary/aromatic N) is 4. The zero-order chi connectivity index (χ0) is 9.97. The fourth-order valence-electron chi connectivity index (χ4n) is 1.26. The third kappa shape index (κ3) is 1.48. The molecule has 0 amide bonds. The van der Waals surface area contributed by atoms with Crippen molar-refractivity contribution in [3.63, 3.8) is 0 Å². The molecule has 2 rings (SSSR count). The number of hydrogen-bond donors (Lipinski definition) is 0. The molecule has 0 saturated heterocycles. The first-order chi connectivity index (χ1) is 6.83. The van der Waals surface area contributed by atoms with Gasteiger partial charge in [-0.1, -0.05) is 11.6 Å². The molecule has 14 heavy (non-hydrogen) atoms. The van der Waals surface area contributed by atoms with E-state index in [4.69, 9.17) is 11.6 Å². The molecule has 2 heterocycles. The van der Waals surface area contributed by atoms with Gasteiger partial charge in [0.2, 0.25) is 0 Å². The van der Waals surface area contributed by atoms with Crippen LogP contribution in [0.3, 0.4) is 0 Å². The van der Waals surface area contributed by atoms with Crippen LogP contribution in [0.5, 0.6) is 0 Å². The molecule has 0 bridgehead atoms. The molecule has 2 aromatic heterocycles. The summed E-state index contributed by atoms with van der Waals surface area (Å²) in [5, 5.41) is 4.67. The van der Waals surface area contributed by atoms with E-state index in [1.165, 1.54) is 6.33 Å². The van der Waals surface area contributed by atoms with Crippen LogP contribution in [0.15, 0.2) is 24.8 Å². The van der Waals surface area contributed by atoms with E-state index < -0.39 is 0 Å². The van der Waals surface area contributed by atoms with Crippen molar-refractivity contribution >= 4 is 11.6 Å². The molecule has 0 atom stereocenters. The molecule has 4 nitrogen and oxygen atoms in total. The maximum Gasteiger partial charge on any atom is 0.159 e. The number of rotatable bonds is 2. The van der Waals surface area contributed by atoms with Gasteiger partial charge in [0.25, 0.3) is 0 Å². The number of pyridine rings is 1. The third-order valence-electron chi connectivity index (χ3n) is 1.93. The van der Waals surface area contributed by atoms with Crippen molar-refractivity contribution in [2.45, 2.75) is 13.5 Å². The fraction of sp³-hybridized carbons (Fsp3) is 0.222. The Labute approximate surface area is 86.6 Å². The summed E-state index contributed by atoms with van der Waals surface area (Å²) >= 11 is 6.00. The lowest BCUT2D eigenvalue weighted by atomic mass is 10.2. The Kier molecular flexibility index (Phi) is 2.45. The van der Waals surface area contributed by atoms with Gasteiger partial charge < -0.3 is 0 Å². The molecule has 5 heteroatoms. The minimum Gasteiger partial charge on any atom is -0.263 e. The van der Waals surface area contributed by atoms with Gasteiger partial charge in [0.15, 0.2) is 5.82 Å². The Morgan fingerprint density at radius 3 is 3.07 bits per heavy atom. The van der Waals surface area contributed by atoms with Crippen LogP contribution >= 0.6 is 11.6 Å². The normalized spacial score (nSPS) is 10.4. The zero-order valence-corrected chi connectivity index (χ0v) is 8.44. The van der Waals surface area contributed by atoms with Crippen LogP contribution in [0, 0.1) is 0 Å². The summed E-state index contributed by atoms with van der Waals surface area (Å²) in [5.74, 6) is 0.778. The van der Waals surface area contributed by atoms with Crippen LogP contribution in [-0.4, -0.2) is 19.7 Å². The summed E-state index contributed by atoms with van der Waals surface area (Å²) in [7, 11) is 0. The molecule has 0 N–H and O–H groups in total. The van der Waals surface area contributed by atoms with Crippen LogP contribution in [0.1, 0.15) is 6.92 Å². The average molecular weight is 209 g/mol. The molecule has 0 aromatic carbocycles. The first-order valence-corrected chi connectivity index (χ1v) is 4.68. The second-order valence-corrected chi connectivity index (χ2v) is 3.16. The highest BCUT2D eigenvalue weighted by Gasteiger charge is 2.08. The Balaban J connectivity index is 2.54. The maximum atomic E-state index is 6.00. The molecule has 0 fully saturated rings. The predicted molar refractivity (Wildman–Crippen MR) is 53.9 cm³/mol. The summed E-state index contributed by atoms with van der Waals surface area (Å²) < 4.78 is 1.79. The van der Waals surface area contributed by atoms with Gasteiger partial charge in [0.05, 0.1) is 5.02 Å². The van der Waals surface area contributed by atoms with Crippen LogP contribution < -0.4 is 0 Å². The van der Waals surface area contributed by atoms with Crippen molar-refractivity contribution in [3.8, 4) is 11.4 Å². The number of halogens is 1. The Hall–Kier alpha value is -1.42. The van der Waals surface area contributed by atoms with E-state index in [0.717, 1.165) is 17.9 Å². The molecule has 0 aliphatic heterocycles. The Morgan fingerprint density at radius 1 is 1.50 bits per heavy atom. The van der Waals surface area contributed by atoms with Crippen molar-refractivity contribution in [3.05, 3.63) is 29.8 Å². The summed E-state index contributed by atoms with van der Waals surface area (Å²) in [6.45, 7) is 2.78. The monoisotopic (exact) mass is 208 g/mol. The highest BCUT2D eigenvalue weighted by molar-refractivity contribution is 6.33. The Morgan fingerprint density at radius 2 is 2.36 bits per heavy atom. The van der Waals surface area contributed by atoms with Crippen molar-refractivity contribution < 1.29 is 0 Å². The standard InChI is InChI=1S/C9H9ClN4/c1-2-14-9(12-6-13-14)7-3-4-11-5-8(7)10/h3-6H,2H2,1H3. The quantitative estimate of drug-likeness (QED) is 0.759. The van der Waals surface area contributed by atoms with Gasteiger partial charge in [-0.25, -0.2) is 9.67 Å². The largest absolute Gasteiger partial charge is 0.263 e. The first-order valence-electron chi connectivity index (χ1n) is 4.30. The van der Waals surface area contributed by atoms with E-state index in [2.05, 4.69) is 15.1 Å². The van der Waals surface area contributed by atoms with Crippen LogP contribution in [0.4, 0.5) is 0 Å². The second kappa shape index (κ2) is 3.75. The molecule has 0 saturated carbocycles. The van der Waals surface area contributed by atoms with Crippen molar-refractivity contribution in [2.24, 2.45) is 0 Å². The number of aromatic nitrogens is 4. The van der Waals surface area contributed by atoms with Crippen LogP contribution in [0.25, 0.3) is 11.4 Å². The zero-order valence-electron chi connectivity index (χ0n) is 7.68. The van der Waals surface area contributed by atoms with E-state index in [1.807, 2.05) is 13.0 Å². The van der Waals surface area contributed by atoms with Crippen LogP contribution in [0.2, 0.25) is 5.02 Å². The third-order valence-corrected chi connectivity index (χ3v) is 2.23. The van der Waals surface area contributed by atoms with Gasteiger partial charge in [-0.05, 0) is 13.0 Å². The number of aryl methyl sites for hydroxylation is 1. The van der Waals surface area contributed by atoms with E-state index in [9.17, 15) is 0 Å². The van der Waals surface area contributed by atoms with Gasteiger partial charge in [0.1, 0.15) is 6.33 Å². The molecular weight excluding hydrogens is 200 g/mol. The van der Waals surface area contributed by atoms with E-state index in [1.54, 1.807) is 17.1 Å². The lowest BCUT2D eigenvalue weighted by Crippen LogP contribution is -1.99. The SMILES string of the molecule is CCn1ncnc1-c1ccncc1Cl. The van der Waals surface area contributed by atoms with Gasteiger partial charge in [-0.3, -0.25) is 4.98 Å². The van der Waals surface area contributed by atoms with E-state index >= 15 is 0 Å². The molecule has 0 radical (unpaired) electrons. The minimum absolute atomic E-state index is 0.593. The maximum absolute atomic E-state index is 6.00. The van der Waals surface area contributed by atoms with E-state index in [0.29, 0.717) is 5.02 Å². The summed E-state index contributed by atoms with van der Waals surface area (Å²) in [5.41, 5.74) is 0.862. The molecule has 72 valence electrons. The topological polar surface area (TPSA) is 43.6 Å². The molecule has 2 aromatic rings. The first kappa shape index (κ1) is 9.15. The smallest absolute Gasteiger partial charge is 0.159 e. The van der Waals surface area contributed by atoms with Gasteiger partial charge in [-0.2, -0.15) is 5.10 Å². The lowest BCUT2D eigenvalue weighted by molar-refractivity contribution is 0.666. The average Bonchev–Trinajstić information content (AvgIpc) is 2.66. The summed E-state index contributed by atoms with van der Waals surface area (Å²) in [6.07, 6.45) is 4.82. The van der Waals surface area contributed by atoms with Crippen molar-refractivity contribution in [1.82, 2.24) is 19.7 Å². The minimum atomic E-state index is 0.593. The highest BCUT2D eigenvalue weighted by Crippen LogP contribution is 2.24. The van der Waals surface area contributed by atoms with Gasteiger partial charge >= 0.3 is 0 Å². The Bertz CT molecular complexity index is 438. The van der Waals surface area contributed by atoms with Crippen LogP contribution in [-0.2, 0) is 6.54 Å². The molecule has 0 aliphatic carbocycles. The predicted octanol–water partition coefficient (Wildman–Crippen LogP) is 2.01. The molecule has 0 aliphatic rings.